The number of Topliss-reactive ketones (excluding diaryl/α,β-unsaturated/α-hetero) is 1. The molecule has 0 aliphatic heterocycles. The topological polar surface area (TPSA) is 69.7 Å². The van der Waals surface area contributed by atoms with E-state index in [1.54, 1.807) is 6.92 Å². The Bertz CT molecular complexity index is 756. The maximum atomic E-state index is 12.8. The van der Waals surface area contributed by atoms with E-state index in [0.29, 0.717) is 30.6 Å². The number of ether oxygens (including phenoxy) is 2. The highest BCUT2D eigenvalue weighted by atomic mass is 16.6. The third kappa shape index (κ3) is 2.83. The van der Waals surface area contributed by atoms with Crippen molar-refractivity contribution in [3.05, 3.63) is 11.6 Å². The van der Waals surface area contributed by atoms with Crippen LogP contribution in [0.3, 0.4) is 0 Å². The van der Waals surface area contributed by atoms with Crippen LogP contribution in [-0.4, -0.2) is 29.9 Å². The van der Waals surface area contributed by atoms with E-state index in [4.69, 9.17) is 9.47 Å². The summed E-state index contributed by atoms with van der Waals surface area (Å²) < 4.78 is 11.1. The van der Waals surface area contributed by atoms with Crippen molar-refractivity contribution >= 4 is 18.2 Å². The number of fused-ring (bicyclic) bond motifs is 5. The zero-order chi connectivity index (χ0) is 21.0. The van der Waals surface area contributed by atoms with Gasteiger partial charge in [-0.25, -0.2) is 0 Å². The summed E-state index contributed by atoms with van der Waals surface area (Å²) in [5, 5.41) is 0. The number of ketones is 1. The van der Waals surface area contributed by atoms with E-state index in [1.807, 2.05) is 0 Å². The normalized spacial score (nSPS) is 45.9. The summed E-state index contributed by atoms with van der Waals surface area (Å²) in [5.41, 5.74) is 0.354. The van der Waals surface area contributed by atoms with E-state index in [0.717, 1.165) is 44.9 Å². The third-order valence-electron chi connectivity index (χ3n) is 9.31. The number of hydrogen-bond acceptors (Lipinski definition) is 5. The zero-order valence-corrected chi connectivity index (χ0v) is 18.2. The van der Waals surface area contributed by atoms with Crippen LogP contribution in [0.2, 0.25) is 0 Å². The second kappa shape index (κ2) is 6.95. The maximum absolute atomic E-state index is 12.8. The number of allylic oxidation sites excluding steroid dienone is 1. The van der Waals surface area contributed by atoms with Gasteiger partial charge in [-0.05, 0) is 75.0 Å². The molecule has 0 radical (unpaired) electrons. The van der Waals surface area contributed by atoms with Gasteiger partial charge < -0.3 is 9.47 Å². The molecule has 4 rings (SSSR count). The highest BCUT2D eigenvalue weighted by Gasteiger charge is 2.67. The second-order valence-electron chi connectivity index (χ2n) is 10.3. The molecule has 160 valence electrons. The van der Waals surface area contributed by atoms with E-state index in [9.17, 15) is 14.4 Å². The highest BCUT2D eigenvalue weighted by molar-refractivity contribution is 5.89. The number of rotatable bonds is 4. The fourth-order valence-corrected chi connectivity index (χ4v) is 7.88. The predicted molar refractivity (Wildman–Crippen MR) is 108 cm³/mol. The SMILES string of the molecule is CC(=O)O[C@]1(C(C)=O)CC[C@H]2[C@@H]3CC=C4C[C@@H](OC=O)CC[C@]4(C)[C@H]3CC[C@@]21C. The minimum Gasteiger partial charge on any atom is -0.464 e. The number of hydrogen-bond donors (Lipinski definition) is 0. The molecular weight excluding hydrogens is 368 g/mol. The Morgan fingerprint density at radius 3 is 2.45 bits per heavy atom. The molecule has 5 heteroatoms. The minimum atomic E-state index is -0.963. The minimum absolute atomic E-state index is 0.000854. The van der Waals surface area contributed by atoms with E-state index in [-0.39, 0.29) is 28.7 Å². The van der Waals surface area contributed by atoms with Crippen LogP contribution in [0.25, 0.3) is 0 Å². The summed E-state index contributed by atoms with van der Waals surface area (Å²) in [4.78, 5) is 35.5. The molecule has 3 fully saturated rings. The summed E-state index contributed by atoms with van der Waals surface area (Å²) in [5.74, 6) is 1.14. The molecule has 0 N–H and O–H groups in total. The summed E-state index contributed by atoms with van der Waals surface area (Å²) in [6.07, 6.45) is 9.81. The lowest BCUT2D eigenvalue weighted by atomic mass is 9.46. The Hall–Kier alpha value is -1.65. The summed E-state index contributed by atoms with van der Waals surface area (Å²) in [6, 6.07) is 0. The molecule has 0 saturated heterocycles. The lowest BCUT2D eigenvalue weighted by Crippen LogP contribution is -2.58. The number of carbonyl (C=O) groups is 3. The largest absolute Gasteiger partial charge is 0.464 e. The molecule has 0 aromatic rings. The van der Waals surface area contributed by atoms with Crippen LogP contribution < -0.4 is 0 Å². The summed E-state index contributed by atoms with van der Waals surface area (Å²) in [7, 11) is 0. The fraction of sp³-hybridized carbons (Fsp3) is 0.792. The van der Waals surface area contributed by atoms with Gasteiger partial charge >= 0.3 is 5.97 Å². The monoisotopic (exact) mass is 402 g/mol. The molecule has 0 aromatic carbocycles. The molecule has 0 spiro atoms. The van der Waals surface area contributed by atoms with Gasteiger partial charge in [-0.15, -0.1) is 0 Å². The zero-order valence-electron chi connectivity index (χ0n) is 18.2. The van der Waals surface area contributed by atoms with Gasteiger partial charge in [0.15, 0.2) is 11.4 Å². The van der Waals surface area contributed by atoms with Crippen LogP contribution >= 0.6 is 0 Å². The molecule has 0 unspecified atom stereocenters. The number of carbonyl (C=O) groups excluding carboxylic acids is 3. The maximum Gasteiger partial charge on any atom is 0.303 e. The van der Waals surface area contributed by atoms with E-state index in [2.05, 4.69) is 19.9 Å². The van der Waals surface area contributed by atoms with Crippen molar-refractivity contribution in [1.29, 1.82) is 0 Å². The van der Waals surface area contributed by atoms with Gasteiger partial charge in [0, 0.05) is 18.8 Å². The highest BCUT2D eigenvalue weighted by Crippen LogP contribution is 2.68. The van der Waals surface area contributed by atoms with Gasteiger partial charge in [0.25, 0.3) is 6.47 Å². The number of esters is 1. The van der Waals surface area contributed by atoms with Gasteiger partial charge in [-0.3, -0.25) is 14.4 Å². The van der Waals surface area contributed by atoms with Gasteiger partial charge in [0.1, 0.15) is 6.10 Å². The fourth-order valence-electron chi connectivity index (χ4n) is 7.88. The average molecular weight is 403 g/mol. The van der Waals surface area contributed by atoms with Crippen molar-refractivity contribution in [2.45, 2.75) is 90.8 Å². The Kier molecular flexibility index (Phi) is 4.94. The van der Waals surface area contributed by atoms with Crippen LogP contribution in [0.4, 0.5) is 0 Å². The summed E-state index contributed by atoms with van der Waals surface area (Å²) in [6.45, 7) is 8.19. The van der Waals surface area contributed by atoms with Crippen LogP contribution in [0.5, 0.6) is 0 Å². The third-order valence-corrected chi connectivity index (χ3v) is 9.31. The van der Waals surface area contributed by atoms with Crippen molar-refractivity contribution in [2.75, 3.05) is 0 Å². The van der Waals surface area contributed by atoms with Crippen LogP contribution in [-0.2, 0) is 23.9 Å². The first kappa shape index (κ1) is 20.6. The molecule has 4 aliphatic rings. The molecule has 0 amide bonds. The standard InChI is InChI=1S/C24H34O5/c1-15(26)24(29-16(2)27)12-9-21-19-6-5-17-13-18(28-14-25)7-10-22(17,3)20(19)8-11-23(21,24)4/h5,14,18-21H,6-13H2,1-4H3/t18-,19+,20-,21-,22-,23-,24-/m0/s1. The molecular formula is C24H34O5. The van der Waals surface area contributed by atoms with Gasteiger partial charge in [0.05, 0.1) is 0 Å². The van der Waals surface area contributed by atoms with Gasteiger partial charge in [-0.2, -0.15) is 0 Å². The lowest BCUT2D eigenvalue weighted by Gasteiger charge is -2.59. The molecule has 4 aliphatic carbocycles. The van der Waals surface area contributed by atoms with Crippen molar-refractivity contribution in [3.63, 3.8) is 0 Å². The van der Waals surface area contributed by atoms with Crippen molar-refractivity contribution in [2.24, 2.45) is 28.6 Å². The second-order valence-corrected chi connectivity index (χ2v) is 10.3. The molecule has 3 saturated carbocycles. The quantitative estimate of drug-likeness (QED) is 0.396. The molecule has 5 nitrogen and oxygen atoms in total. The Morgan fingerprint density at radius 1 is 1.07 bits per heavy atom. The first-order chi connectivity index (χ1) is 13.7. The van der Waals surface area contributed by atoms with Crippen molar-refractivity contribution in [1.82, 2.24) is 0 Å². The van der Waals surface area contributed by atoms with Crippen molar-refractivity contribution < 1.29 is 23.9 Å². The van der Waals surface area contributed by atoms with E-state index >= 15 is 0 Å². The smallest absolute Gasteiger partial charge is 0.303 e. The Morgan fingerprint density at radius 2 is 1.79 bits per heavy atom. The van der Waals surface area contributed by atoms with Gasteiger partial charge in [0.2, 0.25) is 0 Å². The molecule has 0 heterocycles. The molecule has 29 heavy (non-hydrogen) atoms. The van der Waals surface area contributed by atoms with Crippen LogP contribution in [0, 0.1) is 28.6 Å². The molecule has 0 bridgehead atoms. The molecule has 7 atom stereocenters. The summed E-state index contributed by atoms with van der Waals surface area (Å²) >= 11 is 0. The molecule has 0 aromatic heterocycles. The van der Waals surface area contributed by atoms with E-state index < -0.39 is 5.60 Å². The Labute approximate surface area is 173 Å². The first-order valence-electron chi connectivity index (χ1n) is 11.2. The Balaban J connectivity index is 1.65. The first-order valence-corrected chi connectivity index (χ1v) is 11.2. The predicted octanol–water partition coefficient (Wildman–Crippen LogP) is 4.38. The van der Waals surface area contributed by atoms with Gasteiger partial charge in [-0.1, -0.05) is 25.5 Å². The lowest BCUT2D eigenvalue weighted by molar-refractivity contribution is -0.186. The van der Waals surface area contributed by atoms with E-state index in [1.165, 1.54) is 12.5 Å². The average Bonchev–Trinajstić information content (AvgIpc) is 2.95. The van der Waals surface area contributed by atoms with Crippen molar-refractivity contribution in [3.8, 4) is 0 Å². The van der Waals surface area contributed by atoms with Crippen LogP contribution in [0.1, 0.15) is 79.1 Å². The van der Waals surface area contributed by atoms with Crippen LogP contribution in [0.15, 0.2) is 11.6 Å².